The number of carbonyl (C=O) groups excluding carboxylic acids is 1. The zero-order valence-corrected chi connectivity index (χ0v) is 16.0. The molecular weight excluding hydrogens is 350 g/mol. The molecule has 1 N–H and O–H groups in total. The first kappa shape index (κ1) is 18.8. The molecule has 0 saturated carbocycles. The van der Waals surface area contributed by atoms with Gasteiger partial charge in [-0.1, -0.05) is 6.07 Å². The van der Waals surface area contributed by atoms with Crippen molar-refractivity contribution in [2.24, 2.45) is 13.0 Å². The quantitative estimate of drug-likeness (QED) is 0.786. The Hall–Kier alpha value is -1.99. The number of aromatic nitrogens is 2. The summed E-state index contributed by atoms with van der Waals surface area (Å²) in [7, 11) is 3.53. The van der Waals surface area contributed by atoms with E-state index in [0.717, 1.165) is 23.5 Å². The summed E-state index contributed by atoms with van der Waals surface area (Å²) in [6.45, 7) is 1.37. The minimum Gasteiger partial charge on any atom is -0.497 e. The van der Waals surface area contributed by atoms with Crippen molar-refractivity contribution in [3.63, 3.8) is 0 Å². The molecule has 1 amide bonds. The molecule has 1 saturated heterocycles. The third-order valence-corrected chi connectivity index (χ3v) is 5.84. The Kier molecular flexibility index (Phi) is 6.21. The number of methoxy groups -OCH3 is 1. The molecule has 3 rings (SSSR count). The van der Waals surface area contributed by atoms with Gasteiger partial charge in [-0.3, -0.25) is 4.79 Å². The summed E-state index contributed by atoms with van der Waals surface area (Å²) < 4.78 is 7.07. The van der Waals surface area contributed by atoms with Gasteiger partial charge in [-0.05, 0) is 37.0 Å². The Morgan fingerprint density at radius 3 is 2.85 bits per heavy atom. The minimum absolute atomic E-state index is 0.141. The number of benzene rings is 1. The average Bonchev–Trinajstić information content (AvgIpc) is 3.11. The van der Waals surface area contributed by atoms with E-state index in [0.29, 0.717) is 24.7 Å². The molecular formula is C19H25N3O3S. The number of likely N-dealkylation sites (tertiary alicyclic amines) is 1. The molecule has 0 bridgehead atoms. The van der Waals surface area contributed by atoms with Crippen molar-refractivity contribution >= 4 is 17.7 Å². The van der Waals surface area contributed by atoms with Crippen LogP contribution in [0.15, 0.2) is 41.6 Å². The highest BCUT2D eigenvalue weighted by molar-refractivity contribution is 8.00. The molecule has 0 aliphatic carbocycles. The Morgan fingerprint density at radius 2 is 2.19 bits per heavy atom. The van der Waals surface area contributed by atoms with Crippen molar-refractivity contribution in [3.8, 4) is 5.75 Å². The first-order valence-electron chi connectivity index (χ1n) is 8.78. The van der Waals surface area contributed by atoms with Crippen molar-refractivity contribution in [1.82, 2.24) is 14.5 Å². The van der Waals surface area contributed by atoms with E-state index in [2.05, 4.69) is 4.98 Å². The van der Waals surface area contributed by atoms with Crippen LogP contribution in [0, 0.1) is 5.92 Å². The number of imidazole rings is 1. The highest BCUT2D eigenvalue weighted by Crippen LogP contribution is 2.30. The van der Waals surface area contributed by atoms with E-state index in [9.17, 15) is 9.90 Å². The van der Waals surface area contributed by atoms with Crippen molar-refractivity contribution in [1.29, 1.82) is 0 Å². The summed E-state index contributed by atoms with van der Waals surface area (Å²) in [6, 6.07) is 7.74. The number of aliphatic hydroxyl groups is 1. The third kappa shape index (κ3) is 4.40. The zero-order valence-electron chi connectivity index (χ0n) is 15.2. The van der Waals surface area contributed by atoms with Gasteiger partial charge in [0.15, 0.2) is 0 Å². The fourth-order valence-corrected chi connectivity index (χ4v) is 4.11. The van der Waals surface area contributed by atoms with Crippen molar-refractivity contribution in [2.45, 2.75) is 23.8 Å². The number of ether oxygens (including phenoxy) is 1. The van der Waals surface area contributed by atoms with Crippen LogP contribution in [-0.4, -0.2) is 51.4 Å². The number of aryl methyl sites for hydroxylation is 1. The van der Waals surface area contributed by atoms with Crippen LogP contribution in [0.3, 0.4) is 0 Å². The number of hydrogen-bond acceptors (Lipinski definition) is 5. The second-order valence-electron chi connectivity index (χ2n) is 6.53. The number of piperidine rings is 1. The number of aliphatic hydroxyl groups excluding tert-OH is 1. The van der Waals surface area contributed by atoms with E-state index in [-0.39, 0.29) is 11.8 Å². The van der Waals surface area contributed by atoms with E-state index in [1.54, 1.807) is 13.3 Å². The van der Waals surface area contributed by atoms with Gasteiger partial charge < -0.3 is 19.3 Å². The van der Waals surface area contributed by atoms with E-state index in [1.807, 2.05) is 47.0 Å². The van der Waals surface area contributed by atoms with Gasteiger partial charge in [0.1, 0.15) is 17.7 Å². The molecule has 1 atom stereocenters. The van der Waals surface area contributed by atoms with Crippen LogP contribution >= 0.6 is 11.8 Å². The Balaban J connectivity index is 1.48. The predicted molar refractivity (Wildman–Crippen MR) is 101 cm³/mol. The highest BCUT2D eigenvalue weighted by atomic mass is 32.2. The lowest BCUT2D eigenvalue weighted by Gasteiger charge is -2.34. The molecule has 0 radical (unpaired) electrons. The van der Waals surface area contributed by atoms with Crippen molar-refractivity contribution < 1.29 is 14.6 Å². The smallest absolute Gasteiger partial charge is 0.232 e. The van der Waals surface area contributed by atoms with E-state index < -0.39 is 6.10 Å². The largest absolute Gasteiger partial charge is 0.497 e. The van der Waals surface area contributed by atoms with Gasteiger partial charge in [0.05, 0.1) is 12.9 Å². The lowest BCUT2D eigenvalue weighted by molar-refractivity contribution is -0.130. The molecule has 2 aromatic rings. The van der Waals surface area contributed by atoms with Gasteiger partial charge in [-0.25, -0.2) is 4.98 Å². The van der Waals surface area contributed by atoms with Gasteiger partial charge >= 0.3 is 0 Å². The van der Waals surface area contributed by atoms with Gasteiger partial charge in [0.2, 0.25) is 5.91 Å². The molecule has 1 unspecified atom stereocenters. The molecule has 1 aromatic heterocycles. The number of amides is 1. The molecule has 7 heteroatoms. The zero-order chi connectivity index (χ0) is 18.5. The van der Waals surface area contributed by atoms with Crippen LogP contribution in [0.2, 0.25) is 0 Å². The Labute approximate surface area is 158 Å². The lowest BCUT2D eigenvalue weighted by Crippen LogP contribution is -2.40. The third-order valence-electron chi connectivity index (χ3n) is 4.87. The first-order chi connectivity index (χ1) is 12.6. The van der Waals surface area contributed by atoms with E-state index in [4.69, 9.17) is 4.74 Å². The molecule has 1 fully saturated rings. The fourth-order valence-electron chi connectivity index (χ4n) is 3.26. The van der Waals surface area contributed by atoms with Crippen LogP contribution < -0.4 is 4.74 Å². The van der Waals surface area contributed by atoms with Gasteiger partial charge in [0.25, 0.3) is 0 Å². The number of carbonyl (C=O) groups is 1. The van der Waals surface area contributed by atoms with Crippen LogP contribution in [0.5, 0.6) is 5.75 Å². The summed E-state index contributed by atoms with van der Waals surface area (Å²) in [6.07, 6.45) is 4.56. The predicted octanol–water partition coefficient (Wildman–Crippen LogP) is 2.49. The second kappa shape index (κ2) is 8.60. The maximum Gasteiger partial charge on any atom is 0.232 e. The number of rotatable bonds is 6. The van der Waals surface area contributed by atoms with Gasteiger partial charge in [-0.15, -0.1) is 11.8 Å². The van der Waals surface area contributed by atoms with Crippen LogP contribution in [0.1, 0.15) is 24.8 Å². The monoisotopic (exact) mass is 375 g/mol. The number of nitrogens with zero attached hydrogens (tertiary/aromatic N) is 3. The topological polar surface area (TPSA) is 67.6 Å². The summed E-state index contributed by atoms with van der Waals surface area (Å²) in [5, 5.41) is 10.5. The average molecular weight is 375 g/mol. The Bertz CT molecular complexity index is 741. The minimum atomic E-state index is -0.571. The van der Waals surface area contributed by atoms with E-state index in [1.165, 1.54) is 11.8 Å². The molecule has 1 aliphatic rings. The number of thioether (sulfide) groups is 1. The molecule has 140 valence electrons. The maximum atomic E-state index is 12.5. The summed E-state index contributed by atoms with van der Waals surface area (Å²) >= 11 is 1.52. The molecule has 26 heavy (non-hydrogen) atoms. The standard InChI is InChI=1S/C19H25N3O3S/c1-21-11-8-20-19(21)18(24)14-6-9-22(10-7-14)17(23)13-26-16-5-3-4-15(12-16)25-2/h3-5,8,11-12,14,18,24H,6-7,9-10,13H2,1-2H3. The molecule has 0 spiro atoms. The van der Waals surface area contributed by atoms with Crippen LogP contribution in [0.25, 0.3) is 0 Å². The second-order valence-corrected chi connectivity index (χ2v) is 7.58. The van der Waals surface area contributed by atoms with E-state index >= 15 is 0 Å². The summed E-state index contributed by atoms with van der Waals surface area (Å²) in [5.74, 6) is 2.20. The summed E-state index contributed by atoms with van der Waals surface area (Å²) in [5.41, 5.74) is 0. The molecule has 1 aromatic carbocycles. The summed E-state index contributed by atoms with van der Waals surface area (Å²) in [4.78, 5) is 19.6. The highest BCUT2D eigenvalue weighted by Gasteiger charge is 2.29. The maximum absolute atomic E-state index is 12.5. The molecule has 2 heterocycles. The normalized spacial score (nSPS) is 16.5. The van der Waals surface area contributed by atoms with Crippen LogP contribution in [0.4, 0.5) is 0 Å². The van der Waals surface area contributed by atoms with Crippen LogP contribution in [-0.2, 0) is 11.8 Å². The van der Waals surface area contributed by atoms with Crippen molar-refractivity contribution in [2.75, 3.05) is 26.0 Å². The number of hydrogen-bond donors (Lipinski definition) is 1. The van der Waals surface area contributed by atoms with Crippen molar-refractivity contribution in [3.05, 3.63) is 42.5 Å². The first-order valence-corrected chi connectivity index (χ1v) is 9.77. The Morgan fingerprint density at radius 1 is 1.42 bits per heavy atom. The SMILES string of the molecule is COc1cccc(SCC(=O)N2CCC(C(O)c3nccn3C)CC2)c1. The van der Waals surface area contributed by atoms with Gasteiger partial charge in [-0.2, -0.15) is 0 Å². The molecule has 6 nitrogen and oxygen atoms in total. The van der Waals surface area contributed by atoms with Gasteiger partial charge in [0, 0.05) is 37.4 Å². The lowest BCUT2D eigenvalue weighted by atomic mass is 9.90. The fraction of sp³-hybridized carbons (Fsp3) is 0.474. The molecule has 1 aliphatic heterocycles.